The second-order valence-electron chi connectivity index (χ2n) is 3.62. The van der Waals surface area contributed by atoms with Crippen molar-refractivity contribution >= 4 is 12.2 Å². The first-order valence-electron chi connectivity index (χ1n) is 4.90. The monoisotopic (exact) mass is 213 g/mol. The molecule has 0 rings (SSSR count). The highest BCUT2D eigenvalue weighted by atomic mass is 16.4. The zero-order valence-corrected chi connectivity index (χ0v) is 9.02. The first-order chi connectivity index (χ1) is 6.93. The van der Waals surface area contributed by atoms with Gasteiger partial charge >= 0.3 is 5.97 Å². The van der Waals surface area contributed by atoms with Gasteiger partial charge in [0, 0.05) is 6.21 Å². The topological polar surface area (TPSA) is 102 Å². The van der Waals surface area contributed by atoms with E-state index in [1.165, 1.54) is 0 Å². The summed E-state index contributed by atoms with van der Waals surface area (Å²) in [4.78, 5) is 14.3. The van der Waals surface area contributed by atoms with Gasteiger partial charge in [-0.05, 0) is 18.8 Å². The third-order valence-corrected chi connectivity index (χ3v) is 1.99. The van der Waals surface area contributed by atoms with E-state index in [0.717, 1.165) is 12.8 Å². The van der Waals surface area contributed by atoms with Crippen LogP contribution in [0.1, 0.15) is 26.2 Å². The van der Waals surface area contributed by atoms with Gasteiger partial charge < -0.3 is 16.6 Å². The van der Waals surface area contributed by atoms with Gasteiger partial charge in [0.15, 0.2) is 0 Å². The van der Waals surface area contributed by atoms with Gasteiger partial charge in [-0.3, -0.25) is 4.79 Å². The van der Waals surface area contributed by atoms with E-state index in [-0.39, 0.29) is 11.7 Å². The molecule has 0 saturated heterocycles. The molecule has 86 valence electrons. The van der Waals surface area contributed by atoms with E-state index >= 15 is 0 Å². The number of carbonyl (C=O) groups is 1. The smallest absolute Gasteiger partial charge is 0.320 e. The minimum atomic E-state index is -0.952. The third kappa shape index (κ3) is 7.69. The molecule has 2 unspecified atom stereocenters. The molecule has 0 radical (unpaired) electrons. The predicted molar refractivity (Wildman–Crippen MR) is 60.4 cm³/mol. The van der Waals surface area contributed by atoms with Crippen LogP contribution in [0, 0.1) is 5.92 Å². The summed E-state index contributed by atoms with van der Waals surface area (Å²) in [5.41, 5.74) is 10.6. The molecular formula is C10H19N3O2. The van der Waals surface area contributed by atoms with E-state index in [0.29, 0.717) is 6.42 Å². The van der Waals surface area contributed by atoms with Gasteiger partial charge in [0.1, 0.15) is 11.9 Å². The Balaban J connectivity index is 3.68. The highest BCUT2D eigenvalue weighted by molar-refractivity contribution is 5.72. The molecule has 0 aromatic rings. The molecule has 0 saturated carbocycles. The van der Waals surface area contributed by atoms with E-state index in [9.17, 15) is 4.79 Å². The van der Waals surface area contributed by atoms with Crippen molar-refractivity contribution in [3.63, 3.8) is 0 Å². The second-order valence-corrected chi connectivity index (χ2v) is 3.62. The fourth-order valence-corrected chi connectivity index (χ4v) is 1.08. The molecule has 2 atom stereocenters. The van der Waals surface area contributed by atoms with Crippen LogP contribution in [0.3, 0.4) is 0 Å². The molecule has 0 aliphatic heterocycles. The molecule has 0 spiro atoms. The number of rotatable bonds is 7. The highest BCUT2D eigenvalue weighted by Gasteiger charge is 2.10. The Hall–Kier alpha value is -1.36. The number of nitrogens with two attached hydrogens (primary N) is 2. The molecule has 0 amide bonds. The Morgan fingerprint density at radius 2 is 2.20 bits per heavy atom. The van der Waals surface area contributed by atoms with Gasteiger partial charge in [-0.15, -0.1) is 0 Å². The largest absolute Gasteiger partial charge is 0.480 e. The lowest BCUT2D eigenvalue weighted by Gasteiger charge is -2.08. The van der Waals surface area contributed by atoms with Crippen molar-refractivity contribution < 1.29 is 9.90 Å². The molecule has 0 aromatic heterocycles. The van der Waals surface area contributed by atoms with Gasteiger partial charge in [-0.25, -0.2) is 4.99 Å². The van der Waals surface area contributed by atoms with Gasteiger partial charge in [-0.2, -0.15) is 0 Å². The third-order valence-electron chi connectivity index (χ3n) is 1.99. The van der Waals surface area contributed by atoms with Crippen LogP contribution in [-0.4, -0.2) is 23.3 Å². The number of carboxylic acids is 1. The molecule has 0 heterocycles. The van der Waals surface area contributed by atoms with Crippen molar-refractivity contribution in [2.24, 2.45) is 22.4 Å². The minimum absolute atomic E-state index is 0.256. The van der Waals surface area contributed by atoms with Crippen LogP contribution in [0.15, 0.2) is 17.4 Å². The Labute approximate surface area is 89.9 Å². The maximum absolute atomic E-state index is 10.4. The molecule has 0 aliphatic rings. The number of nitrogens with zero attached hydrogens (tertiary/aromatic N) is 1. The molecule has 5 heteroatoms. The summed E-state index contributed by atoms with van der Waals surface area (Å²) in [5, 5.41) is 8.54. The SMILES string of the molecule is C=C(N)N=CC(C)CCCC(N)C(=O)O. The van der Waals surface area contributed by atoms with Crippen molar-refractivity contribution in [1.29, 1.82) is 0 Å². The summed E-state index contributed by atoms with van der Waals surface area (Å²) < 4.78 is 0. The van der Waals surface area contributed by atoms with Crippen molar-refractivity contribution in [2.45, 2.75) is 32.2 Å². The fourth-order valence-electron chi connectivity index (χ4n) is 1.08. The van der Waals surface area contributed by atoms with Gasteiger partial charge in [0.25, 0.3) is 0 Å². The number of aliphatic carboxylic acids is 1. The Bertz CT molecular complexity index is 251. The molecule has 0 fully saturated rings. The number of carboxylic acid groups (broad SMARTS) is 1. The number of hydrogen-bond acceptors (Lipinski definition) is 4. The predicted octanol–water partition coefficient (Wildman–Crippen LogP) is 0.705. The van der Waals surface area contributed by atoms with E-state index < -0.39 is 12.0 Å². The number of hydrogen-bond donors (Lipinski definition) is 3. The quantitative estimate of drug-likeness (QED) is 0.542. The van der Waals surface area contributed by atoms with Crippen molar-refractivity contribution in [1.82, 2.24) is 0 Å². The van der Waals surface area contributed by atoms with Crippen molar-refractivity contribution in [2.75, 3.05) is 0 Å². The second kappa shape index (κ2) is 7.00. The van der Waals surface area contributed by atoms with E-state index in [4.69, 9.17) is 16.6 Å². The average molecular weight is 213 g/mol. The van der Waals surface area contributed by atoms with E-state index in [2.05, 4.69) is 11.6 Å². The molecule has 0 aromatic carbocycles. The van der Waals surface area contributed by atoms with Crippen LogP contribution in [0.25, 0.3) is 0 Å². The maximum Gasteiger partial charge on any atom is 0.320 e. The lowest BCUT2D eigenvalue weighted by Crippen LogP contribution is -2.29. The molecular weight excluding hydrogens is 194 g/mol. The molecule has 5 nitrogen and oxygen atoms in total. The molecule has 5 N–H and O–H groups in total. The van der Waals surface area contributed by atoms with E-state index in [1.807, 2.05) is 6.92 Å². The standard InChI is InChI=1S/C10H19N3O2/c1-7(6-13-8(2)11)4-3-5-9(12)10(14)15/h6-7,9H,2-5,11-12H2,1H3,(H,14,15). The Morgan fingerprint density at radius 3 is 2.67 bits per heavy atom. The van der Waals surface area contributed by atoms with Crippen LogP contribution in [0.4, 0.5) is 0 Å². The maximum atomic E-state index is 10.4. The summed E-state index contributed by atoms with van der Waals surface area (Å²) in [6.45, 7) is 5.43. The lowest BCUT2D eigenvalue weighted by atomic mass is 10.0. The van der Waals surface area contributed by atoms with Crippen LogP contribution in [0.2, 0.25) is 0 Å². The summed E-state index contributed by atoms with van der Waals surface area (Å²) in [5.74, 6) is -0.415. The highest BCUT2D eigenvalue weighted by Crippen LogP contribution is 2.07. The van der Waals surface area contributed by atoms with Crippen LogP contribution < -0.4 is 11.5 Å². The van der Waals surface area contributed by atoms with Crippen LogP contribution in [-0.2, 0) is 4.79 Å². The summed E-state index contributed by atoms with van der Waals surface area (Å²) >= 11 is 0. The lowest BCUT2D eigenvalue weighted by molar-refractivity contribution is -0.138. The van der Waals surface area contributed by atoms with Crippen LogP contribution >= 0.6 is 0 Å². The molecule has 15 heavy (non-hydrogen) atoms. The van der Waals surface area contributed by atoms with Crippen LogP contribution in [0.5, 0.6) is 0 Å². The normalized spacial score (nSPS) is 15.1. The summed E-state index contributed by atoms with van der Waals surface area (Å²) in [6.07, 6.45) is 3.81. The number of aliphatic imine (C=N–C) groups is 1. The van der Waals surface area contributed by atoms with Gasteiger partial charge in [-0.1, -0.05) is 19.9 Å². The Morgan fingerprint density at radius 1 is 1.60 bits per heavy atom. The van der Waals surface area contributed by atoms with Gasteiger partial charge in [0.05, 0.1) is 0 Å². The summed E-state index contributed by atoms with van der Waals surface area (Å²) in [6, 6.07) is -0.765. The zero-order chi connectivity index (χ0) is 11.8. The first kappa shape index (κ1) is 13.6. The Kier molecular flexibility index (Phi) is 6.37. The first-order valence-corrected chi connectivity index (χ1v) is 4.90. The van der Waals surface area contributed by atoms with Gasteiger partial charge in [0.2, 0.25) is 0 Å². The average Bonchev–Trinajstić information content (AvgIpc) is 2.14. The molecule has 0 aliphatic carbocycles. The zero-order valence-electron chi connectivity index (χ0n) is 9.02. The summed E-state index contributed by atoms with van der Waals surface area (Å²) in [7, 11) is 0. The van der Waals surface area contributed by atoms with Crippen molar-refractivity contribution in [3.8, 4) is 0 Å². The minimum Gasteiger partial charge on any atom is -0.480 e. The van der Waals surface area contributed by atoms with E-state index in [1.54, 1.807) is 6.21 Å². The molecule has 0 bridgehead atoms. The van der Waals surface area contributed by atoms with Crippen molar-refractivity contribution in [3.05, 3.63) is 12.4 Å². The fraction of sp³-hybridized carbons (Fsp3) is 0.600.